The fourth-order valence-corrected chi connectivity index (χ4v) is 2.78. The van der Waals surface area contributed by atoms with Crippen molar-refractivity contribution in [2.24, 2.45) is 16.6 Å². The van der Waals surface area contributed by atoms with Crippen LogP contribution in [0, 0.1) is 5.92 Å². The molecule has 106 valence electrons. The van der Waals surface area contributed by atoms with Gasteiger partial charge in [0.25, 0.3) is 5.91 Å². The molecule has 0 aliphatic carbocycles. The lowest BCUT2D eigenvalue weighted by molar-refractivity contribution is -0.117. The number of rotatable bonds is 3. The molecule has 3 rings (SSSR count). The average molecular weight is 273 g/mol. The second kappa shape index (κ2) is 5.63. The number of piperidine rings is 1. The van der Waals surface area contributed by atoms with E-state index < -0.39 is 0 Å². The lowest BCUT2D eigenvalue weighted by atomic mass is 9.98. The Morgan fingerprint density at radius 2 is 2.15 bits per heavy atom. The Hall–Kier alpha value is -1.88. The van der Waals surface area contributed by atoms with Crippen molar-refractivity contribution in [1.29, 1.82) is 0 Å². The van der Waals surface area contributed by atoms with Gasteiger partial charge in [0, 0.05) is 0 Å². The maximum absolute atomic E-state index is 11.4. The van der Waals surface area contributed by atoms with Crippen molar-refractivity contribution in [3.63, 3.8) is 0 Å². The van der Waals surface area contributed by atoms with Crippen LogP contribution in [-0.2, 0) is 11.2 Å². The van der Waals surface area contributed by atoms with E-state index in [9.17, 15) is 4.79 Å². The number of nitrogens with one attached hydrogen (secondary N) is 1. The maximum Gasteiger partial charge on any atom is 0.252 e. The Morgan fingerprint density at radius 1 is 1.35 bits per heavy atom. The van der Waals surface area contributed by atoms with Crippen LogP contribution in [0.3, 0.4) is 0 Å². The molecule has 0 radical (unpaired) electrons. The molecule has 1 saturated heterocycles. The van der Waals surface area contributed by atoms with Gasteiger partial charge in [0.15, 0.2) is 0 Å². The summed E-state index contributed by atoms with van der Waals surface area (Å²) in [6.45, 7) is 2.80. The van der Waals surface area contributed by atoms with Crippen molar-refractivity contribution >= 4 is 11.7 Å². The summed E-state index contributed by atoms with van der Waals surface area (Å²) in [5, 5.41) is 3.34. The number of aliphatic imine (C=N–C) groups is 1. The Bertz CT molecular complexity index is 548. The van der Waals surface area contributed by atoms with Gasteiger partial charge in [-0.3, -0.25) is 4.79 Å². The minimum atomic E-state index is -0.189. The fraction of sp³-hybridized carbons (Fsp3) is 0.467. The average Bonchev–Trinajstić information content (AvgIpc) is 2.45. The fourth-order valence-electron chi connectivity index (χ4n) is 2.78. The van der Waals surface area contributed by atoms with Gasteiger partial charge in [-0.05, 0) is 43.5 Å². The summed E-state index contributed by atoms with van der Waals surface area (Å²) >= 11 is 0. The third-order valence-corrected chi connectivity index (χ3v) is 3.89. The molecule has 0 saturated carbocycles. The van der Waals surface area contributed by atoms with E-state index in [1.165, 1.54) is 0 Å². The molecule has 3 N–H and O–H groups in total. The minimum Gasteiger partial charge on any atom is -0.493 e. The zero-order chi connectivity index (χ0) is 13.9. The smallest absolute Gasteiger partial charge is 0.252 e. The van der Waals surface area contributed by atoms with E-state index in [1.807, 2.05) is 18.2 Å². The van der Waals surface area contributed by atoms with Gasteiger partial charge in [-0.1, -0.05) is 12.1 Å². The van der Waals surface area contributed by atoms with Crippen molar-refractivity contribution in [2.45, 2.75) is 19.3 Å². The van der Waals surface area contributed by atoms with Gasteiger partial charge in [-0.2, -0.15) is 4.99 Å². The molecular weight excluding hydrogens is 254 g/mol. The predicted octanol–water partition coefficient (Wildman–Crippen LogP) is 0.853. The molecule has 0 atom stereocenters. The van der Waals surface area contributed by atoms with Crippen LogP contribution >= 0.6 is 0 Å². The zero-order valence-corrected chi connectivity index (χ0v) is 11.4. The molecule has 5 nitrogen and oxygen atoms in total. The third kappa shape index (κ3) is 2.67. The molecule has 0 aromatic heterocycles. The van der Waals surface area contributed by atoms with E-state index in [0.717, 1.165) is 42.8 Å². The number of fused-ring (bicyclic) bond motifs is 1. The SMILES string of the molecule is NC1=NC(=O)Cc2cccc(OCC3CCNCC3)c21. The second-order valence-corrected chi connectivity index (χ2v) is 5.36. The molecule has 2 aliphatic rings. The van der Waals surface area contributed by atoms with Crippen LogP contribution in [0.2, 0.25) is 0 Å². The van der Waals surface area contributed by atoms with Crippen LogP contribution in [0.4, 0.5) is 0 Å². The van der Waals surface area contributed by atoms with Gasteiger partial charge in [-0.25, -0.2) is 0 Å². The first kappa shape index (κ1) is 13.1. The lowest BCUT2D eigenvalue weighted by Crippen LogP contribution is -2.31. The summed E-state index contributed by atoms with van der Waals surface area (Å²) < 4.78 is 5.95. The van der Waals surface area contributed by atoms with Crippen LogP contribution in [0.5, 0.6) is 5.75 Å². The van der Waals surface area contributed by atoms with Crippen molar-refractivity contribution in [1.82, 2.24) is 5.32 Å². The quantitative estimate of drug-likeness (QED) is 0.856. The number of carbonyl (C=O) groups is 1. The van der Waals surface area contributed by atoms with Gasteiger partial charge >= 0.3 is 0 Å². The highest BCUT2D eigenvalue weighted by molar-refractivity contribution is 6.10. The van der Waals surface area contributed by atoms with Gasteiger partial charge in [0.1, 0.15) is 11.6 Å². The molecule has 0 unspecified atom stereocenters. The Labute approximate surface area is 118 Å². The highest BCUT2D eigenvalue weighted by Crippen LogP contribution is 2.26. The minimum absolute atomic E-state index is 0.189. The monoisotopic (exact) mass is 273 g/mol. The number of amidine groups is 1. The Balaban J connectivity index is 1.76. The van der Waals surface area contributed by atoms with E-state index in [0.29, 0.717) is 18.9 Å². The molecule has 5 heteroatoms. The number of benzene rings is 1. The summed E-state index contributed by atoms with van der Waals surface area (Å²) in [6.07, 6.45) is 2.58. The first-order valence-electron chi connectivity index (χ1n) is 7.07. The van der Waals surface area contributed by atoms with Crippen molar-refractivity contribution in [2.75, 3.05) is 19.7 Å². The molecule has 1 amide bonds. The van der Waals surface area contributed by atoms with E-state index >= 15 is 0 Å². The first-order valence-corrected chi connectivity index (χ1v) is 7.07. The maximum atomic E-state index is 11.4. The van der Waals surface area contributed by atoms with Gasteiger partial charge < -0.3 is 15.8 Å². The normalized spacial score (nSPS) is 19.4. The molecule has 20 heavy (non-hydrogen) atoms. The molecule has 0 bridgehead atoms. The van der Waals surface area contributed by atoms with E-state index in [2.05, 4.69) is 10.3 Å². The molecular formula is C15H19N3O2. The molecule has 1 fully saturated rings. The molecule has 2 aliphatic heterocycles. The van der Waals surface area contributed by atoms with Gasteiger partial charge in [0.05, 0.1) is 18.6 Å². The van der Waals surface area contributed by atoms with Crippen molar-refractivity contribution < 1.29 is 9.53 Å². The molecule has 1 aromatic rings. The van der Waals surface area contributed by atoms with E-state index in [4.69, 9.17) is 10.5 Å². The highest BCUT2D eigenvalue weighted by Gasteiger charge is 2.22. The van der Waals surface area contributed by atoms with Gasteiger partial charge in [0.2, 0.25) is 0 Å². The van der Waals surface area contributed by atoms with Crippen LogP contribution in [0.25, 0.3) is 0 Å². The van der Waals surface area contributed by atoms with Crippen LogP contribution < -0.4 is 15.8 Å². The molecule has 1 aromatic carbocycles. The Morgan fingerprint density at radius 3 is 2.95 bits per heavy atom. The number of nitrogens with zero attached hydrogens (tertiary/aromatic N) is 1. The third-order valence-electron chi connectivity index (χ3n) is 3.89. The summed E-state index contributed by atoms with van der Waals surface area (Å²) in [5.74, 6) is 1.41. The van der Waals surface area contributed by atoms with Crippen molar-refractivity contribution in [3.8, 4) is 5.75 Å². The summed E-state index contributed by atoms with van der Waals surface area (Å²) in [4.78, 5) is 15.3. The second-order valence-electron chi connectivity index (χ2n) is 5.36. The molecule has 2 heterocycles. The lowest BCUT2D eigenvalue weighted by Gasteiger charge is -2.24. The van der Waals surface area contributed by atoms with Crippen LogP contribution in [-0.4, -0.2) is 31.4 Å². The van der Waals surface area contributed by atoms with Gasteiger partial charge in [-0.15, -0.1) is 0 Å². The summed E-state index contributed by atoms with van der Waals surface area (Å²) in [6, 6.07) is 5.72. The topological polar surface area (TPSA) is 76.7 Å². The van der Waals surface area contributed by atoms with Crippen molar-refractivity contribution in [3.05, 3.63) is 29.3 Å². The number of hydrogen-bond donors (Lipinski definition) is 2. The summed E-state index contributed by atoms with van der Waals surface area (Å²) in [5.41, 5.74) is 7.59. The number of ether oxygens (including phenoxy) is 1. The number of nitrogens with two attached hydrogens (primary N) is 1. The Kier molecular flexibility index (Phi) is 3.69. The standard InChI is InChI=1S/C15H19N3O2/c16-15-14-11(8-13(19)18-15)2-1-3-12(14)20-9-10-4-6-17-7-5-10/h1-3,10,17H,4-9H2,(H2,16,18,19). The first-order chi connectivity index (χ1) is 9.74. The number of amides is 1. The summed E-state index contributed by atoms with van der Waals surface area (Å²) in [7, 11) is 0. The van der Waals surface area contributed by atoms with E-state index in [-0.39, 0.29) is 11.7 Å². The zero-order valence-electron chi connectivity index (χ0n) is 11.4. The number of hydrogen-bond acceptors (Lipinski definition) is 4. The number of carbonyl (C=O) groups excluding carboxylic acids is 1. The van der Waals surface area contributed by atoms with Crippen LogP contribution in [0.1, 0.15) is 24.0 Å². The van der Waals surface area contributed by atoms with E-state index in [1.54, 1.807) is 0 Å². The largest absolute Gasteiger partial charge is 0.493 e. The van der Waals surface area contributed by atoms with Crippen LogP contribution in [0.15, 0.2) is 23.2 Å². The predicted molar refractivity (Wildman–Crippen MR) is 77.0 cm³/mol. The molecule has 0 spiro atoms. The highest BCUT2D eigenvalue weighted by atomic mass is 16.5.